The third-order valence-corrected chi connectivity index (χ3v) is 4.04. The maximum Gasteiger partial charge on any atom is 0.416 e. The minimum atomic E-state index is -4.71. The molecular formula is C19H13F3N2O6. The van der Waals surface area contributed by atoms with Crippen molar-refractivity contribution in [1.82, 2.24) is 0 Å². The molecular weight excluding hydrogens is 409 g/mol. The second-order valence-corrected chi connectivity index (χ2v) is 6.23. The molecule has 0 aliphatic heterocycles. The molecule has 0 bridgehead atoms. The van der Waals surface area contributed by atoms with Gasteiger partial charge >= 0.3 is 6.18 Å². The number of ether oxygens (including phenoxy) is 2. The summed E-state index contributed by atoms with van der Waals surface area (Å²) in [7, 11) is 0. The van der Waals surface area contributed by atoms with E-state index in [4.69, 9.17) is 9.47 Å². The lowest BCUT2D eigenvalue weighted by Gasteiger charge is -2.34. The van der Waals surface area contributed by atoms with Gasteiger partial charge in [0.2, 0.25) is 0 Å². The molecule has 0 heterocycles. The Morgan fingerprint density at radius 3 is 1.83 bits per heavy atom. The van der Waals surface area contributed by atoms with Gasteiger partial charge in [-0.1, -0.05) is 24.3 Å². The number of benzene rings is 2. The predicted molar refractivity (Wildman–Crippen MR) is 98.1 cm³/mol. The minimum Gasteiger partial charge on any atom is -0.448 e. The zero-order chi connectivity index (χ0) is 21.9. The van der Waals surface area contributed by atoms with Crippen LogP contribution in [0.3, 0.4) is 0 Å². The minimum absolute atomic E-state index is 0.109. The molecule has 2 aromatic rings. The first-order chi connectivity index (χ1) is 14.1. The molecule has 0 saturated heterocycles. The summed E-state index contributed by atoms with van der Waals surface area (Å²) < 4.78 is 51.2. The van der Waals surface area contributed by atoms with E-state index in [1.165, 1.54) is 42.5 Å². The quantitative estimate of drug-likeness (QED) is 0.364. The lowest BCUT2D eigenvalue weighted by molar-refractivity contribution is -0.385. The topological polar surface area (TPSA) is 105 Å². The van der Waals surface area contributed by atoms with Crippen molar-refractivity contribution < 1.29 is 32.5 Å². The highest BCUT2D eigenvalue weighted by Crippen LogP contribution is 2.37. The monoisotopic (exact) mass is 422 g/mol. The van der Waals surface area contributed by atoms with Gasteiger partial charge < -0.3 is 9.47 Å². The molecule has 11 heteroatoms. The van der Waals surface area contributed by atoms with Crippen molar-refractivity contribution in [1.29, 1.82) is 0 Å². The number of allylic oxidation sites excluding steroid dienone is 2. The van der Waals surface area contributed by atoms with Crippen LogP contribution in [0.15, 0.2) is 72.3 Å². The second-order valence-electron chi connectivity index (χ2n) is 6.23. The molecule has 0 N–H and O–H groups in total. The van der Waals surface area contributed by atoms with Crippen molar-refractivity contribution in [3.63, 3.8) is 0 Å². The predicted octanol–water partition coefficient (Wildman–Crippen LogP) is 5.11. The third-order valence-electron chi connectivity index (χ3n) is 4.04. The summed E-state index contributed by atoms with van der Waals surface area (Å²) in [6, 6.07) is 9.73. The molecule has 1 aliphatic rings. The summed E-state index contributed by atoms with van der Waals surface area (Å²) in [5.74, 6) is -2.25. The van der Waals surface area contributed by atoms with E-state index in [0.29, 0.717) is 6.08 Å². The van der Waals surface area contributed by atoms with E-state index in [9.17, 15) is 33.4 Å². The fourth-order valence-electron chi connectivity index (χ4n) is 2.75. The largest absolute Gasteiger partial charge is 0.448 e. The Morgan fingerprint density at radius 2 is 1.40 bits per heavy atom. The van der Waals surface area contributed by atoms with Gasteiger partial charge in [0.05, 0.1) is 27.6 Å². The van der Waals surface area contributed by atoms with Crippen LogP contribution in [0.5, 0.6) is 11.5 Å². The molecule has 0 spiro atoms. The van der Waals surface area contributed by atoms with Gasteiger partial charge in [0.25, 0.3) is 17.2 Å². The molecule has 0 aromatic heterocycles. The van der Waals surface area contributed by atoms with Crippen LogP contribution < -0.4 is 9.47 Å². The van der Waals surface area contributed by atoms with E-state index < -0.39 is 27.4 Å². The van der Waals surface area contributed by atoms with E-state index in [2.05, 4.69) is 0 Å². The van der Waals surface area contributed by atoms with Crippen LogP contribution >= 0.6 is 0 Å². The van der Waals surface area contributed by atoms with Crippen LogP contribution in [0.4, 0.5) is 24.5 Å². The third kappa shape index (κ3) is 4.74. The Labute approximate surface area is 167 Å². The summed E-state index contributed by atoms with van der Waals surface area (Å²) in [6.45, 7) is 0. The molecule has 0 saturated carbocycles. The van der Waals surface area contributed by atoms with E-state index in [0.717, 1.165) is 18.2 Å². The first-order valence-corrected chi connectivity index (χ1v) is 8.41. The molecule has 0 atom stereocenters. The van der Waals surface area contributed by atoms with Gasteiger partial charge in [0.1, 0.15) is 11.5 Å². The summed E-state index contributed by atoms with van der Waals surface area (Å²) in [5, 5.41) is 22.0. The van der Waals surface area contributed by atoms with Crippen LogP contribution in [0.1, 0.15) is 6.42 Å². The summed E-state index contributed by atoms with van der Waals surface area (Å²) >= 11 is 0. The number of non-ortho nitro benzene ring substituents is 2. The van der Waals surface area contributed by atoms with Crippen molar-refractivity contribution in [2.45, 2.75) is 18.4 Å². The van der Waals surface area contributed by atoms with E-state index in [1.807, 2.05) is 0 Å². The molecule has 0 radical (unpaired) electrons. The number of rotatable bonds is 6. The zero-order valence-corrected chi connectivity index (χ0v) is 15.0. The highest BCUT2D eigenvalue weighted by Gasteiger charge is 2.42. The normalized spacial score (nSPS) is 15.2. The number of nitrogens with zero attached hydrogens (tertiary/aromatic N) is 2. The summed E-state index contributed by atoms with van der Waals surface area (Å²) in [4.78, 5) is 20.6. The first kappa shape index (κ1) is 20.8. The molecule has 3 rings (SSSR count). The average molecular weight is 422 g/mol. The number of nitro groups is 2. The Kier molecular flexibility index (Phi) is 5.45. The standard InChI is InChI=1S/C19H13F3N2O6/c20-19(21,22)13-4-3-9-18(12-13,29-16-7-1-5-14(10-16)23(25)26)30-17-8-2-6-15(11-17)24(27)28/h1-8,10-12H,9H2. The Bertz CT molecular complexity index is 989. The molecule has 0 amide bonds. The number of alkyl halides is 3. The van der Waals surface area contributed by atoms with Gasteiger partial charge in [-0.15, -0.1) is 0 Å². The van der Waals surface area contributed by atoms with Crippen molar-refractivity contribution in [3.8, 4) is 11.5 Å². The van der Waals surface area contributed by atoms with E-state index in [1.54, 1.807) is 0 Å². The first-order valence-electron chi connectivity index (χ1n) is 8.41. The number of nitro benzene ring substituents is 2. The number of hydrogen-bond donors (Lipinski definition) is 0. The molecule has 1 aliphatic carbocycles. The van der Waals surface area contributed by atoms with Gasteiger partial charge in [0, 0.05) is 24.6 Å². The van der Waals surface area contributed by atoms with Crippen LogP contribution in [-0.4, -0.2) is 21.8 Å². The molecule has 0 unspecified atom stereocenters. The SMILES string of the molecule is O=[N+]([O-])c1cccc(OC2(Oc3cccc([N+](=O)[O-])c3)C=C(C(F)(F)F)C=CC2)c1. The molecule has 30 heavy (non-hydrogen) atoms. The lowest BCUT2D eigenvalue weighted by atomic mass is 10.0. The highest BCUT2D eigenvalue weighted by atomic mass is 19.4. The highest BCUT2D eigenvalue weighted by molar-refractivity contribution is 5.42. The molecule has 156 valence electrons. The zero-order valence-electron chi connectivity index (χ0n) is 15.0. The van der Waals surface area contributed by atoms with Crippen LogP contribution in [0, 0.1) is 20.2 Å². The fraction of sp³-hybridized carbons (Fsp3) is 0.158. The second kappa shape index (κ2) is 7.85. The van der Waals surface area contributed by atoms with Gasteiger partial charge in [-0.25, -0.2) is 0 Å². The van der Waals surface area contributed by atoms with E-state index in [-0.39, 0.29) is 29.3 Å². The summed E-state index contributed by atoms with van der Waals surface area (Å²) in [5.41, 5.74) is -1.71. The van der Waals surface area contributed by atoms with Gasteiger partial charge in [0.15, 0.2) is 0 Å². The van der Waals surface area contributed by atoms with Crippen molar-refractivity contribution in [2.24, 2.45) is 0 Å². The van der Waals surface area contributed by atoms with Crippen molar-refractivity contribution in [2.75, 3.05) is 0 Å². The van der Waals surface area contributed by atoms with Crippen molar-refractivity contribution in [3.05, 3.63) is 92.6 Å². The smallest absolute Gasteiger partial charge is 0.416 e. The molecule has 8 nitrogen and oxygen atoms in total. The van der Waals surface area contributed by atoms with Crippen molar-refractivity contribution >= 4 is 11.4 Å². The van der Waals surface area contributed by atoms with Crippen LogP contribution in [0.25, 0.3) is 0 Å². The Morgan fingerprint density at radius 1 is 0.900 bits per heavy atom. The van der Waals surface area contributed by atoms with E-state index >= 15 is 0 Å². The van der Waals surface area contributed by atoms with Crippen LogP contribution in [0.2, 0.25) is 0 Å². The maximum atomic E-state index is 13.3. The Balaban J connectivity index is 2.03. The Hall–Kier alpha value is -3.89. The summed E-state index contributed by atoms with van der Waals surface area (Å²) in [6.07, 6.45) is -2.16. The number of hydrogen-bond acceptors (Lipinski definition) is 6. The average Bonchev–Trinajstić information content (AvgIpc) is 2.67. The maximum absolute atomic E-state index is 13.3. The fourth-order valence-corrected chi connectivity index (χ4v) is 2.75. The molecule has 0 fully saturated rings. The molecule has 2 aromatic carbocycles. The van der Waals surface area contributed by atoms with Gasteiger partial charge in [-0.2, -0.15) is 13.2 Å². The van der Waals surface area contributed by atoms with Gasteiger partial charge in [-0.05, 0) is 12.1 Å². The number of halogens is 3. The van der Waals surface area contributed by atoms with Crippen LogP contribution in [-0.2, 0) is 0 Å². The lowest BCUT2D eigenvalue weighted by Crippen LogP contribution is -2.42. The van der Waals surface area contributed by atoms with Gasteiger partial charge in [-0.3, -0.25) is 20.2 Å².